The average Bonchev–Trinajstić information content (AvgIpc) is 2.64. The summed E-state index contributed by atoms with van der Waals surface area (Å²) < 4.78 is 5.24. The second kappa shape index (κ2) is 12.1. The zero-order valence-corrected chi connectivity index (χ0v) is 17.1. The van der Waals surface area contributed by atoms with E-state index in [2.05, 4.69) is 27.8 Å². The fourth-order valence-corrected chi connectivity index (χ4v) is 2.23. The number of nitrogens with zero attached hydrogens (tertiary/aromatic N) is 1. The minimum atomic E-state index is -0.484. The normalized spacial score (nSPS) is 10.6. The minimum Gasteiger partial charge on any atom is -0.484 e. The van der Waals surface area contributed by atoms with Gasteiger partial charge in [-0.2, -0.15) is 0 Å². The highest BCUT2D eigenvalue weighted by Crippen LogP contribution is 2.12. The van der Waals surface area contributed by atoms with Crippen LogP contribution in [0.4, 0.5) is 0 Å². The number of benzene rings is 2. The summed E-state index contributed by atoms with van der Waals surface area (Å²) in [5, 5.41) is 6.57. The Kier molecular flexibility index (Phi) is 10.1. The van der Waals surface area contributed by atoms with E-state index in [-0.39, 0.29) is 30.6 Å². The lowest BCUT2D eigenvalue weighted by atomic mass is 10.1. The van der Waals surface area contributed by atoms with Gasteiger partial charge in [0.2, 0.25) is 0 Å². The van der Waals surface area contributed by atoms with Gasteiger partial charge in [0, 0.05) is 20.1 Å². The molecule has 0 saturated heterocycles. The highest BCUT2D eigenvalue weighted by molar-refractivity contribution is 14.0. The van der Waals surface area contributed by atoms with Crippen molar-refractivity contribution in [3.63, 3.8) is 0 Å². The maximum absolute atomic E-state index is 10.7. The zero-order valence-electron chi connectivity index (χ0n) is 14.8. The molecule has 0 atom stereocenters. The molecule has 2 rings (SSSR count). The molecule has 0 saturated carbocycles. The summed E-state index contributed by atoms with van der Waals surface area (Å²) in [6.07, 6.45) is 0.849. The lowest BCUT2D eigenvalue weighted by Crippen LogP contribution is -2.37. The van der Waals surface area contributed by atoms with Crippen LogP contribution in [-0.4, -0.2) is 32.1 Å². The van der Waals surface area contributed by atoms with Gasteiger partial charge in [0.25, 0.3) is 5.91 Å². The lowest BCUT2D eigenvalue weighted by molar-refractivity contribution is -0.119. The van der Waals surface area contributed by atoms with Crippen molar-refractivity contribution in [2.24, 2.45) is 10.7 Å². The molecule has 2 aromatic carbocycles. The van der Waals surface area contributed by atoms with Gasteiger partial charge in [0.05, 0.1) is 0 Å². The summed E-state index contributed by atoms with van der Waals surface area (Å²) in [5.41, 5.74) is 7.42. The molecule has 0 unspecified atom stereocenters. The maximum Gasteiger partial charge on any atom is 0.255 e. The third kappa shape index (κ3) is 8.19. The number of halogens is 1. The standard InChI is InChI=1S/C19H24N4O2.HI/c1-21-19(23-13-16-5-3-2-4-6-16)22-12-11-15-7-9-17(10-8-15)25-14-18(20)24;/h2-10H,11-14H2,1H3,(H2,20,24)(H2,21,22,23);1H. The third-order valence-corrected chi connectivity index (χ3v) is 3.54. The van der Waals surface area contributed by atoms with E-state index in [9.17, 15) is 4.79 Å². The van der Waals surface area contributed by atoms with Crippen molar-refractivity contribution in [2.75, 3.05) is 20.2 Å². The van der Waals surface area contributed by atoms with Crippen LogP contribution in [0, 0.1) is 0 Å². The number of hydrogen-bond acceptors (Lipinski definition) is 3. The van der Waals surface area contributed by atoms with Crippen molar-refractivity contribution < 1.29 is 9.53 Å². The molecule has 1 amide bonds. The molecular formula is C19H25IN4O2. The number of nitrogens with one attached hydrogen (secondary N) is 2. The van der Waals surface area contributed by atoms with Gasteiger partial charge in [-0.15, -0.1) is 24.0 Å². The summed E-state index contributed by atoms with van der Waals surface area (Å²) in [6.45, 7) is 1.38. The van der Waals surface area contributed by atoms with Gasteiger partial charge in [0.15, 0.2) is 12.6 Å². The fraction of sp³-hybridized carbons (Fsp3) is 0.263. The van der Waals surface area contributed by atoms with Gasteiger partial charge in [-0.25, -0.2) is 0 Å². The van der Waals surface area contributed by atoms with Gasteiger partial charge >= 0.3 is 0 Å². The molecule has 0 radical (unpaired) electrons. The van der Waals surface area contributed by atoms with Crippen molar-refractivity contribution >= 4 is 35.8 Å². The number of ether oxygens (including phenoxy) is 1. The van der Waals surface area contributed by atoms with E-state index in [1.807, 2.05) is 42.5 Å². The van der Waals surface area contributed by atoms with Crippen molar-refractivity contribution in [1.29, 1.82) is 0 Å². The Morgan fingerprint density at radius 2 is 1.73 bits per heavy atom. The molecule has 2 aromatic rings. The van der Waals surface area contributed by atoms with Crippen molar-refractivity contribution in [3.8, 4) is 5.75 Å². The van der Waals surface area contributed by atoms with Crippen LogP contribution in [-0.2, 0) is 17.8 Å². The van der Waals surface area contributed by atoms with E-state index in [1.165, 1.54) is 5.56 Å². The van der Waals surface area contributed by atoms with Crippen molar-refractivity contribution in [1.82, 2.24) is 10.6 Å². The molecule has 140 valence electrons. The van der Waals surface area contributed by atoms with Crippen LogP contribution >= 0.6 is 24.0 Å². The molecule has 4 N–H and O–H groups in total. The first-order valence-electron chi connectivity index (χ1n) is 8.16. The predicted molar refractivity (Wildman–Crippen MR) is 115 cm³/mol. The molecular weight excluding hydrogens is 443 g/mol. The molecule has 0 aromatic heterocycles. The number of primary amides is 1. The first-order valence-corrected chi connectivity index (χ1v) is 8.16. The average molecular weight is 468 g/mol. The Morgan fingerprint density at radius 1 is 1.04 bits per heavy atom. The van der Waals surface area contributed by atoms with E-state index in [0.29, 0.717) is 5.75 Å². The molecule has 0 heterocycles. The topological polar surface area (TPSA) is 88.7 Å². The van der Waals surface area contributed by atoms with Gasteiger partial charge < -0.3 is 21.1 Å². The van der Waals surface area contributed by atoms with Crippen LogP contribution in [0.2, 0.25) is 0 Å². The van der Waals surface area contributed by atoms with Gasteiger partial charge in [-0.3, -0.25) is 9.79 Å². The summed E-state index contributed by atoms with van der Waals surface area (Å²) in [7, 11) is 1.76. The Bertz CT molecular complexity index is 690. The van der Waals surface area contributed by atoms with Gasteiger partial charge in [-0.05, 0) is 29.7 Å². The smallest absolute Gasteiger partial charge is 0.255 e. The molecule has 26 heavy (non-hydrogen) atoms. The number of nitrogens with two attached hydrogens (primary N) is 1. The maximum atomic E-state index is 10.7. The van der Waals surface area contributed by atoms with Crippen LogP contribution in [0.5, 0.6) is 5.75 Å². The monoisotopic (exact) mass is 468 g/mol. The third-order valence-electron chi connectivity index (χ3n) is 3.54. The van der Waals surface area contributed by atoms with E-state index >= 15 is 0 Å². The van der Waals surface area contributed by atoms with E-state index in [4.69, 9.17) is 10.5 Å². The molecule has 0 fully saturated rings. The molecule has 0 aliphatic rings. The summed E-state index contributed by atoms with van der Waals surface area (Å²) in [6, 6.07) is 17.8. The van der Waals surface area contributed by atoms with Crippen LogP contribution in [0.25, 0.3) is 0 Å². The number of rotatable bonds is 8. The lowest BCUT2D eigenvalue weighted by Gasteiger charge is -2.12. The number of carbonyl (C=O) groups is 1. The number of guanidine groups is 1. The summed E-state index contributed by atoms with van der Waals surface area (Å²) in [4.78, 5) is 14.9. The second-order valence-corrected chi connectivity index (χ2v) is 5.49. The summed E-state index contributed by atoms with van der Waals surface area (Å²) >= 11 is 0. The number of aliphatic imine (C=N–C) groups is 1. The van der Waals surface area contributed by atoms with E-state index < -0.39 is 5.91 Å². The van der Waals surface area contributed by atoms with Crippen molar-refractivity contribution in [2.45, 2.75) is 13.0 Å². The first-order chi connectivity index (χ1) is 12.2. The molecule has 0 aliphatic carbocycles. The predicted octanol–water partition coefficient (Wildman–Crippen LogP) is 2.08. The van der Waals surface area contributed by atoms with Crippen LogP contribution in [0.15, 0.2) is 59.6 Å². The van der Waals surface area contributed by atoms with Crippen molar-refractivity contribution in [3.05, 3.63) is 65.7 Å². The second-order valence-electron chi connectivity index (χ2n) is 5.49. The van der Waals surface area contributed by atoms with E-state index in [0.717, 1.165) is 31.0 Å². The zero-order chi connectivity index (χ0) is 17.9. The Labute approximate surface area is 171 Å². The highest BCUT2D eigenvalue weighted by atomic mass is 127. The van der Waals surface area contributed by atoms with Gasteiger partial charge in [-0.1, -0.05) is 42.5 Å². The Morgan fingerprint density at radius 3 is 2.35 bits per heavy atom. The first kappa shape index (κ1) is 21.8. The fourth-order valence-electron chi connectivity index (χ4n) is 2.23. The molecule has 6 nitrogen and oxygen atoms in total. The largest absolute Gasteiger partial charge is 0.484 e. The highest BCUT2D eigenvalue weighted by Gasteiger charge is 2.00. The summed E-state index contributed by atoms with van der Waals surface area (Å²) in [5.74, 6) is 0.920. The number of carbonyl (C=O) groups excluding carboxylic acids is 1. The number of amides is 1. The van der Waals surface area contributed by atoms with Gasteiger partial charge in [0.1, 0.15) is 5.75 Å². The van der Waals surface area contributed by atoms with Crippen LogP contribution in [0.3, 0.4) is 0 Å². The molecule has 7 heteroatoms. The molecule has 0 aliphatic heterocycles. The number of hydrogen-bond donors (Lipinski definition) is 3. The van der Waals surface area contributed by atoms with Crippen LogP contribution < -0.4 is 21.1 Å². The van der Waals surface area contributed by atoms with Crippen LogP contribution in [0.1, 0.15) is 11.1 Å². The minimum absolute atomic E-state index is 0. The molecule has 0 bridgehead atoms. The van der Waals surface area contributed by atoms with E-state index in [1.54, 1.807) is 7.05 Å². The Balaban J connectivity index is 0.00000338. The Hall–Kier alpha value is -2.29. The SMILES string of the molecule is CN=C(NCCc1ccc(OCC(N)=O)cc1)NCc1ccccc1.I. The quantitative estimate of drug-likeness (QED) is 0.315. The molecule has 0 spiro atoms.